The van der Waals surface area contributed by atoms with E-state index in [9.17, 15) is 9.59 Å². The van der Waals surface area contributed by atoms with Crippen molar-refractivity contribution in [2.75, 3.05) is 42.7 Å². The number of carbonyl (C=O) groups excluding carboxylic acids is 2. The van der Waals surface area contributed by atoms with Crippen molar-refractivity contribution in [2.24, 2.45) is 0 Å². The van der Waals surface area contributed by atoms with Gasteiger partial charge in [0.15, 0.2) is 0 Å². The first-order valence-electron chi connectivity index (χ1n) is 9.33. The van der Waals surface area contributed by atoms with Crippen LogP contribution < -0.4 is 4.90 Å². The molecule has 1 aromatic heterocycles. The Bertz CT molecular complexity index is 907. The predicted molar refractivity (Wildman–Crippen MR) is 117 cm³/mol. The van der Waals surface area contributed by atoms with E-state index in [1.54, 1.807) is 41.1 Å². The van der Waals surface area contributed by atoms with Crippen LogP contribution in [0, 0.1) is 0 Å². The molecule has 0 N–H and O–H groups in total. The number of hydrogen-bond acceptors (Lipinski definition) is 5. The zero-order valence-electron chi connectivity index (χ0n) is 15.6. The molecule has 1 atom stereocenters. The molecule has 4 rings (SSSR count). The molecule has 29 heavy (non-hydrogen) atoms. The van der Waals surface area contributed by atoms with Crippen molar-refractivity contribution in [1.82, 2.24) is 14.8 Å². The van der Waals surface area contributed by atoms with Gasteiger partial charge < -0.3 is 14.7 Å². The molecule has 6 nitrogen and oxygen atoms in total. The first kappa shape index (κ1) is 20.3. The monoisotopic (exact) mass is 450 g/mol. The van der Waals surface area contributed by atoms with Crippen LogP contribution in [-0.4, -0.2) is 70.4 Å². The van der Waals surface area contributed by atoms with Crippen LogP contribution in [0.5, 0.6) is 0 Å². The Morgan fingerprint density at radius 1 is 1.07 bits per heavy atom. The number of nitrogens with zero attached hydrogens (tertiary/aromatic N) is 4. The third-order valence-corrected chi connectivity index (χ3v) is 6.63. The fourth-order valence-electron chi connectivity index (χ4n) is 3.58. The van der Waals surface area contributed by atoms with E-state index in [0.717, 1.165) is 0 Å². The molecular formula is C20H20Cl2N4O2S. The van der Waals surface area contributed by atoms with Crippen LogP contribution in [0.25, 0.3) is 0 Å². The van der Waals surface area contributed by atoms with E-state index in [1.165, 1.54) is 0 Å². The van der Waals surface area contributed by atoms with Gasteiger partial charge in [-0.2, -0.15) is 0 Å². The Morgan fingerprint density at radius 3 is 2.48 bits per heavy atom. The molecule has 0 saturated carbocycles. The highest BCUT2D eigenvalue weighted by molar-refractivity contribution is 7.99. The van der Waals surface area contributed by atoms with Crippen molar-refractivity contribution in [3.63, 3.8) is 0 Å². The van der Waals surface area contributed by atoms with E-state index < -0.39 is 6.04 Å². The van der Waals surface area contributed by atoms with Crippen LogP contribution in [0.4, 0.5) is 5.82 Å². The summed E-state index contributed by atoms with van der Waals surface area (Å²) in [4.78, 5) is 35.9. The van der Waals surface area contributed by atoms with Gasteiger partial charge in [0.25, 0.3) is 5.91 Å². The lowest BCUT2D eigenvalue weighted by Gasteiger charge is -2.37. The molecule has 2 aliphatic heterocycles. The zero-order chi connectivity index (χ0) is 20.4. The molecule has 9 heteroatoms. The minimum absolute atomic E-state index is 0.00842. The van der Waals surface area contributed by atoms with Gasteiger partial charge in [-0.05, 0) is 18.2 Å². The van der Waals surface area contributed by atoms with Crippen molar-refractivity contribution in [3.05, 3.63) is 58.2 Å². The Balaban J connectivity index is 1.40. The molecule has 0 radical (unpaired) electrons. The Morgan fingerprint density at radius 2 is 1.79 bits per heavy atom. The lowest BCUT2D eigenvalue weighted by atomic mass is 10.1. The first-order chi connectivity index (χ1) is 14.0. The topological polar surface area (TPSA) is 56.8 Å². The number of anilines is 1. The smallest absolute Gasteiger partial charge is 0.255 e. The fourth-order valence-corrected chi connectivity index (χ4v) is 5.23. The average Bonchev–Trinajstić information content (AvgIpc) is 3.23. The number of amides is 2. The summed E-state index contributed by atoms with van der Waals surface area (Å²) >= 11 is 13.8. The lowest BCUT2D eigenvalue weighted by molar-refractivity contribution is -0.135. The van der Waals surface area contributed by atoms with Gasteiger partial charge in [0.1, 0.15) is 11.9 Å². The number of piperazine rings is 1. The van der Waals surface area contributed by atoms with E-state index in [2.05, 4.69) is 9.88 Å². The number of carbonyl (C=O) groups is 2. The van der Waals surface area contributed by atoms with Crippen LogP contribution in [0.15, 0.2) is 42.6 Å². The summed E-state index contributed by atoms with van der Waals surface area (Å²) in [5, 5.41) is 0.999. The van der Waals surface area contributed by atoms with Gasteiger partial charge in [-0.3, -0.25) is 9.59 Å². The minimum Gasteiger partial charge on any atom is -0.352 e. The second-order valence-electron chi connectivity index (χ2n) is 6.93. The molecule has 2 amide bonds. The summed E-state index contributed by atoms with van der Waals surface area (Å²) in [7, 11) is 0. The van der Waals surface area contributed by atoms with E-state index in [0.29, 0.717) is 59.2 Å². The number of halogens is 2. The number of pyridine rings is 1. The maximum Gasteiger partial charge on any atom is 0.255 e. The van der Waals surface area contributed by atoms with E-state index in [1.807, 2.05) is 23.1 Å². The second kappa shape index (κ2) is 8.81. The maximum absolute atomic E-state index is 13.1. The molecular weight excluding hydrogens is 431 g/mol. The molecule has 2 fully saturated rings. The van der Waals surface area contributed by atoms with Crippen LogP contribution in [0.3, 0.4) is 0 Å². The SMILES string of the molecule is O=C([C@@H]1CSCN1C(=O)c1ccccc1)N1CCN(c2ncc(Cl)cc2Cl)CC1. The molecule has 1 aromatic carbocycles. The molecule has 0 unspecified atom stereocenters. The van der Waals surface area contributed by atoms with E-state index in [4.69, 9.17) is 23.2 Å². The Kier molecular flexibility index (Phi) is 6.18. The van der Waals surface area contributed by atoms with Gasteiger partial charge in [0, 0.05) is 43.7 Å². The molecule has 0 aliphatic carbocycles. The largest absolute Gasteiger partial charge is 0.352 e. The van der Waals surface area contributed by atoms with Gasteiger partial charge in [0.2, 0.25) is 5.91 Å². The van der Waals surface area contributed by atoms with Crippen LogP contribution in [-0.2, 0) is 4.79 Å². The summed E-state index contributed by atoms with van der Waals surface area (Å²) < 4.78 is 0. The molecule has 0 spiro atoms. The zero-order valence-corrected chi connectivity index (χ0v) is 18.0. The maximum atomic E-state index is 13.1. The number of thioether (sulfide) groups is 1. The summed E-state index contributed by atoms with van der Waals surface area (Å²) in [6.45, 7) is 2.39. The van der Waals surface area contributed by atoms with Gasteiger partial charge in [0.05, 0.1) is 15.9 Å². The molecule has 2 aliphatic rings. The average molecular weight is 451 g/mol. The molecule has 152 valence electrons. The van der Waals surface area contributed by atoms with Crippen molar-refractivity contribution in [1.29, 1.82) is 0 Å². The number of rotatable bonds is 3. The molecule has 0 bridgehead atoms. The second-order valence-corrected chi connectivity index (χ2v) is 8.77. The van der Waals surface area contributed by atoms with Gasteiger partial charge in [-0.25, -0.2) is 4.98 Å². The molecule has 2 aromatic rings. The quantitative estimate of drug-likeness (QED) is 0.717. The van der Waals surface area contributed by atoms with Crippen molar-refractivity contribution in [2.45, 2.75) is 6.04 Å². The van der Waals surface area contributed by atoms with E-state index >= 15 is 0 Å². The highest BCUT2D eigenvalue weighted by Crippen LogP contribution is 2.28. The summed E-state index contributed by atoms with van der Waals surface area (Å²) in [6.07, 6.45) is 1.57. The van der Waals surface area contributed by atoms with Gasteiger partial charge in [-0.1, -0.05) is 41.4 Å². The number of aromatic nitrogens is 1. The number of benzene rings is 1. The van der Waals surface area contributed by atoms with Crippen LogP contribution >= 0.6 is 35.0 Å². The van der Waals surface area contributed by atoms with E-state index in [-0.39, 0.29) is 11.8 Å². The van der Waals surface area contributed by atoms with Crippen molar-refractivity contribution >= 4 is 52.6 Å². The standard InChI is InChI=1S/C20H20Cl2N4O2S/c21-15-10-16(22)18(23-11-15)24-6-8-25(9-7-24)20(28)17-12-29-13-26(17)19(27)14-4-2-1-3-5-14/h1-5,10-11,17H,6-9,12-13H2/t17-/m0/s1. The number of hydrogen-bond donors (Lipinski definition) is 0. The molecule has 2 saturated heterocycles. The normalized spacial score (nSPS) is 19.5. The summed E-state index contributed by atoms with van der Waals surface area (Å²) in [6, 6.07) is 10.4. The van der Waals surface area contributed by atoms with Gasteiger partial charge in [-0.15, -0.1) is 11.8 Å². The highest BCUT2D eigenvalue weighted by atomic mass is 35.5. The third kappa shape index (κ3) is 4.32. The summed E-state index contributed by atoms with van der Waals surface area (Å²) in [5.41, 5.74) is 0.612. The highest BCUT2D eigenvalue weighted by Gasteiger charge is 2.38. The fraction of sp³-hybridized carbons (Fsp3) is 0.350. The first-order valence-corrected chi connectivity index (χ1v) is 11.2. The third-order valence-electron chi connectivity index (χ3n) is 5.13. The van der Waals surface area contributed by atoms with Gasteiger partial charge >= 0.3 is 0 Å². The van der Waals surface area contributed by atoms with Crippen LogP contribution in [0.1, 0.15) is 10.4 Å². The predicted octanol–water partition coefficient (Wildman–Crippen LogP) is 3.25. The Hall–Kier alpha value is -1.96. The lowest BCUT2D eigenvalue weighted by Crippen LogP contribution is -2.55. The Labute approximate surface area is 183 Å². The van der Waals surface area contributed by atoms with Crippen LogP contribution in [0.2, 0.25) is 10.0 Å². The minimum atomic E-state index is -0.420. The van der Waals surface area contributed by atoms with Crippen molar-refractivity contribution in [3.8, 4) is 0 Å². The van der Waals surface area contributed by atoms with Crippen molar-refractivity contribution < 1.29 is 9.59 Å². The summed E-state index contributed by atoms with van der Waals surface area (Å²) in [5.74, 6) is 1.76. The molecule has 3 heterocycles.